The molecule has 0 unspecified atom stereocenters. The molecule has 2 aromatic carbocycles. The highest BCUT2D eigenvalue weighted by Gasteiger charge is 1.97. The minimum atomic E-state index is 0. The van der Waals surface area contributed by atoms with Crippen LogP contribution in [-0.2, 0) is 0 Å². The van der Waals surface area contributed by atoms with Crippen LogP contribution in [0.25, 0.3) is 21.3 Å². The molecule has 0 bridgehead atoms. The second-order valence-corrected chi connectivity index (χ2v) is 4.39. The molecule has 1 heterocycles. The van der Waals surface area contributed by atoms with Crippen molar-refractivity contribution >= 4 is 39.4 Å². The molecule has 0 atom stereocenters. The predicted molar refractivity (Wildman–Crippen MR) is 70.9 cm³/mol. The van der Waals surface area contributed by atoms with Crippen molar-refractivity contribution in [2.45, 2.75) is 0 Å². The average molecular weight is 227 g/mol. The van der Waals surface area contributed by atoms with Crippen molar-refractivity contribution in [3.63, 3.8) is 0 Å². The van der Waals surface area contributed by atoms with Gasteiger partial charge < -0.3 is 0 Å². The first-order chi connectivity index (χ1) is 6.95. The van der Waals surface area contributed by atoms with Gasteiger partial charge in [0.05, 0.1) is 0 Å². The molecule has 0 aliphatic rings. The van der Waals surface area contributed by atoms with E-state index in [0.717, 1.165) is 0 Å². The molecule has 1 aromatic heterocycles. The number of rotatable bonds is 0. The highest BCUT2D eigenvalue weighted by molar-refractivity contribution is 7.36. The fourth-order valence-electron chi connectivity index (χ4n) is 1.83. The van der Waals surface area contributed by atoms with Crippen LogP contribution in [0.1, 0.15) is 0 Å². The van der Waals surface area contributed by atoms with E-state index in [1.165, 1.54) is 29.5 Å². The summed E-state index contributed by atoms with van der Waals surface area (Å²) in [5, 5.41) is 5.48. The van der Waals surface area contributed by atoms with Crippen LogP contribution in [0.15, 0.2) is 54.3 Å². The van der Waals surface area contributed by atoms with Crippen molar-refractivity contribution in [2.75, 3.05) is 0 Å². The van der Waals surface area contributed by atoms with E-state index in [0.29, 0.717) is 0 Å². The molecule has 15 heavy (non-hydrogen) atoms. The SMILES string of the molecule is [P].c1ccc2c(c1)ccc1pcccc12. The van der Waals surface area contributed by atoms with E-state index >= 15 is 0 Å². The third-order valence-corrected chi connectivity index (χ3v) is 3.50. The van der Waals surface area contributed by atoms with E-state index < -0.39 is 0 Å². The molecule has 2 heteroatoms. The Morgan fingerprint density at radius 1 is 0.733 bits per heavy atom. The van der Waals surface area contributed by atoms with Crippen LogP contribution in [0.5, 0.6) is 0 Å². The summed E-state index contributed by atoms with van der Waals surface area (Å²) in [6, 6.07) is 17.3. The van der Waals surface area contributed by atoms with Crippen LogP contribution in [-0.4, -0.2) is 0 Å². The lowest BCUT2D eigenvalue weighted by molar-refractivity contribution is 1.81. The summed E-state index contributed by atoms with van der Waals surface area (Å²) in [5.41, 5.74) is 0. The Labute approximate surface area is 94.0 Å². The number of hydrogen-bond acceptors (Lipinski definition) is 0. The second-order valence-electron chi connectivity index (χ2n) is 3.36. The van der Waals surface area contributed by atoms with Gasteiger partial charge in [-0.2, -0.15) is 0 Å². The van der Waals surface area contributed by atoms with Gasteiger partial charge in [0, 0.05) is 15.0 Å². The maximum Gasteiger partial charge on any atom is 0.00966 e. The maximum absolute atomic E-state index is 2.22. The third kappa shape index (κ3) is 1.76. The summed E-state index contributed by atoms with van der Waals surface area (Å²) in [4.78, 5) is 0. The second kappa shape index (κ2) is 4.27. The van der Waals surface area contributed by atoms with Gasteiger partial charge >= 0.3 is 0 Å². The maximum atomic E-state index is 2.22. The Kier molecular flexibility index (Phi) is 3.00. The van der Waals surface area contributed by atoms with Crippen LogP contribution in [0.2, 0.25) is 0 Å². The number of fused-ring (bicyclic) bond motifs is 3. The van der Waals surface area contributed by atoms with Crippen molar-refractivity contribution in [3.8, 4) is 0 Å². The average Bonchev–Trinajstić information content (AvgIpc) is 2.29. The van der Waals surface area contributed by atoms with Gasteiger partial charge in [0.2, 0.25) is 0 Å². The van der Waals surface area contributed by atoms with Crippen molar-refractivity contribution in [3.05, 3.63) is 54.3 Å². The molecule has 3 rings (SSSR count). The fraction of sp³-hybridized carbons (Fsp3) is 0. The molecule has 0 aliphatic carbocycles. The highest BCUT2D eigenvalue weighted by Crippen LogP contribution is 2.29. The largest absolute Gasteiger partial charge is 0.0678 e. The normalized spacial score (nSPS) is 10.7. The van der Waals surface area contributed by atoms with Gasteiger partial charge in [-0.15, -0.1) is 0 Å². The molecule has 0 nitrogen and oxygen atoms in total. The Balaban J connectivity index is 0.000000853. The van der Waals surface area contributed by atoms with Crippen LogP contribution in [0.4, 0.5) is 0 Å². The minimum Gasteiger partial charge on any atom is -0.0678 e. The molecule has 3 aromatic rings. The predicted octanol–water partition coefficient (Wildman–Crippen LogP) is 5.43. The standard InChI is InChI=1S/C13H9P.P/c1-2-5-11-10(4-1)7-8-13-12(11)6-3-9-14-13;/h1-9H;. The molecule has 0 aliphatic heterocycles. The molecule has 0 saturated heterocycles. The van der Waals surface area contributed by atoms with E-state index in [-0.39, 0.29) is 9.90 Å². The summed E-state index contributed by atoms with van der Waals surface area (Å²) in [7, 11) is 1.31. The Hall–Kier alpha value is -0.960. The van der Waals surface area contributed by atoms with Gasteiger partial charge in [-0.05, 0) is 28.0 Å². The zero-order valence-corrected chi connectivity index (χ0v) is 9.88. The fourth-order valence-corrected chi connectivity index (χ4v) is 2.66. The van der Waals surface area contributed by atoms with Gasteiger partial charge in [-0.25, -0.2) is 0 Å². The van der Waals surface area contributed by atoms with Crippen molar-refractivity contribution in [2.24, 2.45) is 0 Å². The summed E-state index contributed by atoms with van der Waals surface area (Å²) in [6.07, 6.45) is 0. The number of hydrogen-bond donors (Lipinski definition) is 0. The lowest BCUT2D eigenvalue weighted by atomic mass is 10.1. The lowest BCUT2D eigenvalue weighted by Crippen LogP contribution is -1.73. The monoisotopic (exact) mass is 227 g/mol. The minimum absolute atomic E-state index is 0. The smallest absolute Gasteiger partial charge is 0.00966 e. The van der Waals surface area contributed by atoms with E-state index in [4.69, 9.17) is 0 Å². The van der Waals surface area contributed by atoms with Gasteiger partial charge in [0.15, 0.2) is 0 Å². The van der Waals surface area contributed by atoms with E-state index in [1.807, 2.05) is 0 Å². The van der Waals surface area contributed by atoms with Crippen LogP contribution in [0, 0.1) is 0 Å². The third-order valence-electron chi connectivity index (χ3n) is 2.51. The van der Waals surface area contributed by atoms with Crippen LogP contribution < -0.4 is 0 Å². The Morgan fingerprint density at radius 2 is 1.53 bits per heavy atom. The van der Waals surface area contributed by atoms with Gasteiger partial charge in [0.1, 0.15) is 0 Å². The molecule has 0 amide bonds. The summed E-state index contributed by atoms with van der Waals surface area (Å²) in [5.74, 6) is 2.18. The molecule has 3 radical (unpaired) electrons. The lowest BCUT2D eigenvalue weighted by Gasteiger charge is -2.01. The molecule has 0 saturated carbocycles. The molecular formula is C13H9P2. The molecule has 0 fully saturated rings. The van der Waals surface area contributed by atoms with Gasteiger partial charge in [-0.1, -0.05) is 50.7 Å². The van der Waals surface area contributed by atoms with Crippen molar-refractivity contribution < 1.29 is 0 Å². The van der Waals surface area contributed by atoms with Crippen molar-refractivity contribution in [1.82, 2.24) is 0 Å². The van der Waals surface area contributed by atoms with E-state index in [2.05, 4.69) is 54.3 Å². The topological polar surface area (TPSA) is 0 Å². The van der Waals surface area contributed by atoms with E-state index in [9.17, 15) is 0 Å². The molecule has 71 valence electrons. The quantitative estimate of drug-likeness (QED) is 0.354. The molecule has 0 N–H and O–H groups in total. The zero-order valence-electron chi connectivity index (χ0n) is 8.09. The van der Waals surface area contributed by atoms with E-state index in [1.54, 1.807) is 0 Å². The molecule has 0 spiro atoms. The first kappa shape index (κ1) is 10.6. The van der Waals surface area contributed by atoms with Gasteiger partial charge in [0.25, 0.3) is 0 Å². The summed E-state index contributed by atoms with van der Waals surface area (Å²) in [6.45, 7) is 0. The summed E-state index contributed by atoms with van der Waals surface area (Å²) < 4.78 is 0. The Morgan fingerprint density at radius 3 is 2.47 bits per heavy atom. The first-order valence-corrected chi connectivity index (χ1v) is 5.64. The zero-order chi connectivity index (χ0) is 9.38. The summed E-state index contributed by atoms with van der Waals surface area (Å²) >= 11 is 0. The Bertz CT molecular complexity index is 548. The number of benzene rings is 2. The van der Waals surface area contributed by atoms with Crippen LogP contribution in [0.3, 0.4) is 0 Å². The first-order valence-electron chi connectivity index (χ1n) is 4.68. The highest BCUT2D eigenvalue weighted by atomic mass is 31.0. The van der Waals surface area contributed by atoms with Crippen LogP contribution >= 0.6 is 18.1 Å². The van der Waals surface area contributed by atoms with Crippen molar-refractivity contribution in [1.29, 1.82) is 0 Å². The van der Waals surface area contributed by atoms with Gasteiger partial charge in [-0.3, -0.25) is 0 Å². The molecular weight excluding hydrogens is 218 g/mol.